The lowest BCUT2D eigenvalue weighted by Gasteiger charge is -2.42. The molecular formula is C48H55ClF4N8O4S3. The van der Waals surface area contributed by atoms with Crippen LogP contribution < -0.4 is 10.0 Å². The van der Waals surface area contributed by atoms with Crippen LogP contribution in [-0.2, 0) is 32.8 Å². The number of hydrogen-bond acceptors (Lipinski definition) is 12. The van der Waals surface area contributed by atoms with Gasteiger partial charge in [-0.3, -0.25) is 14.5 Å². The van der Waals surface area contributed by atoms with E-state index in [1.807, 2.05) is 67.7 Å². The molecule has 364 valence electrons. The van der Waals surface area contributed by atoms with Crippen molar-refractivity contribution < 1.29 is 34.4 Å². The fraction of sp³-hybridized carbons (Fsp3) is 0.417. The largest absolute Gasteiger partial charge is 0.501 e. The predicted molar refractivity (Wildman–Crippen MR) is 260 cm³/mol. The van der Waals surface area contributed by atoms with Crippen molar-refractivity contribution in [3.8, 4) is 11.1 Å². The number of aromatic nitrogens is 2. The van der Waals surface area contributed by atoms with E-state index < -0.39 is 41.2 Å². The van der Waals surface area contributed by atoms with Crippen LogP contribution in [0.1, 0.15) is 49.0 Å². The standard InChI is InChI=1S/C48H55ClF4N8O4S3/c1-33(43-28-36(50)12-14-41(43)34-8-10-35(49)11-9-34)60-21-17-38(18-22-60)61-23-19-42-45(30-61)54-32-55-47(42)57-68(64,65)40-13-15-44(46(29-40)67(62,63)48(51,52)53)56-37(31-66-39-6-4-3-5-7-39)16-20-59-26-24-58(2)25-27-59/h3-15,28-29,32-33,37-38,56H,16-27,30-31H2,1-2H3,(H,54,55,57). The molecule has 2 atom stereocenters. The van der Waals surface area contributed by atoms with Gasteiger partial charge in [-0.25, -0.2) is 31.2 Å². The number of rotatable bonds is 16. The zero-order chi connectivity index (χ0) is 48.2. The maximum Gasteiger partial charge on any atom is 0.501 e. The van der Waals surface area contributed by atoms with Gasteiger partial charge < -0.3 is 15.1 Å². The van der Waals surface area contributed by atoms with E-state index in [1.165, 1.54) is 24.2 Å². The van der Waals surface area contributed by atoms with Crippen molar-refractivity contribution in [2.75, 3.05) is 75.2 Å². The first-order valence-corrected chi connectivity index (χ1v) is 27.0. The molecule has 4 aromatic carbocycles. The number of likely N-dealkylation sites (tertiary alicyclic amines) is 1. The molecule has 0 spiro atoms. The van der Waals surface area contributed by atoms with E-state index in [2.05, 4.69) is 46.5 Å². The highest BCUT2D eigenvalue weighted by molar-refractivity contribution is 7.99. The van der Waals surface area contributed by atoms with E-state index in [9.17, 15) is 34.4 Å². The number of sulfone groups is 1. The summed E-state index contributed by atoms with van der Waals surface area (Å²) in [6.07, 6.45) is 3.81. The minimum absolute atomic E-state index is 0.0192. The maximum atomic E-state index is 14.6. The number of piperidine rings is 1. The van der Waals surface area contributed by atoms with Crippen molar-refractivity contribution in [3.63, 3.8) is 0 Å². The molecule has 3 aliphatic heterocycles. The first kappa shape index (κ1) is 50.1. The summed E-state index contributed by atoms with van der Waals surface area (Å²) in [5.41, 5.74) is -2.08. The quantitative estimate of drug-likeness (QED) is 0.0724. The lowest BCUT2D eigenvalue weighted by molar-refractivity contribution is -0.0435. The van der Waals surface area contributed by atoms with E-state index in [-0.39, 0.29) is 29.4 Å². The van der Waals surface area contributed by atoms with Crippen LogP contribution in [0, 0.1) is 5.82 Å². The molecule has 4 heterocycles. The summed E-state index contributed by atoms with van der Waals surface area (Å²) >= 11 is 7.63. The Bertz CT molecular complexity index is 2760. The van der Waals surface area contributed by atoms with Crippen LogP contribution in [0.2, 0.25) is 5.02 Å². The van der Waals surface area contributed by atoms with Crippen LogP contribution in [0.3, 0.4) is 0 Å². The number of benzene rings is 4. The number of anilines is 2. The van der Waals surface area contributed by atoms with Gasteiger partial charge in [0.05, 0.1) is 16.3 Å². The Labute approximate surface area is 405 Å². The van der Waals surface area contributed by atoms with Crippen molar-refractivity contribution in [2.45, 2.75) is 77.5 Å². The molecule has 0 bridgehead atoms. The fourth-order valence-corrected chi connectivity index (χ4v) is 12.5. The number of sulfonamides is 1. The van der Waals surface area contributed by atoms with Crippen LogP contribution in [-0.4, -0.2) is 129 Å². The average Bonchev–Trinajstić information content (AvgIpc) is 3.33. The van der Waals surface area contributed by atoms with Crippen LogP contribution in [0.5, 0.6) is 0 Å². The number of alkyl halides is 3. The van der Waals surface area contributed by atoms with Gasteiger partial charge in [-0.1, -0.05) is 48.0 Å². The second kappa shape index (κ2) is 21.3. The SMILES string of the molecule is CC(c1cc(F)ccc1-c1ccc(Cl)cc1)N1CCC(N2CCc3c(ncnc3NS(=O)(=O)c3ccc(NC(CCN4CCN(C)CC4)CSc4ccccc4)c(S(=O)(=O)C(F)(F)F)c3)C2)CC1. The minimum Gasteiger partial charge on any atom is -0.380 e. The van der Waals surface area contributed by atoms with Gasteiger partial charge in [0.15, 0.2) is 0 Å². The lowest BCUT2D eigenvalue weighted by Crippen LogP contribution is -2.47. The molecule has 0 amide bonds. The molecule has 0 aliphatic carbocycles. The van der Waals surface area contributed by atoms with Crippen LogP contribution in [0.4, 0.5) is 29.1 Å². The molecule has 5 aromatic rings. The second-order valence-electron chi connectivity index (χ2n) is 17.7. The van der Waals surface area contributed by atoms with Gasteiger partial charge in [-0.15, -0.1) is 11.8 Å². The number of hydrogen-bond donors (Lipinski definition) is 2. The fourth-order valence-electron chi connectivity index (χ4n) is 9.24. The van der Waals surface area contributed by atoms with Crippen molar-refractivity contribution >= 4 is 54.7 Å². The summed E-state index contributed by atoms with van der Waals surface area (Å²) < 4.78 is 115. The summed E-state index contributed by atoms with van der Waals surface area (Å²) in [4.78, 5) is 17.0. The van der Waals surface area contributed by atoms with E-state index in [0.29, 0.717) is 60.6 Å². The molecule has 3 aliphatic rings. The second-order valence-corrected chi connectivity index (χ2v) is 22.8. The van der Waals surface area contributed by atoms with Crippen molar-refractivity contribution in [2.24, 2.45) is 0 Å². The first-order valence-electron chi connectivity index (χ1n) is 22.6. The third-order valence-electron chi connectivity index (χ3n) is 13.3. The average molecular weight is 1020 g/mol. The number of fused-ring (bicyclic) bond motifs is 1. The minimum atomic E-state index is -6.02. The normalized spacial score (nSPS) is 18.2. The molecule has 2 N–H and O–H groups in total. The maximum absolute atomic E-state index is 14.6. The molecule has 8 rings (SSSR count). The van der Waals surface area contributed by atoms with Crippen LogP contribution in [0.25, 0.3) is 11.1 Å². The smallest absolute Gasteiger partial charge is 0.380 e. The van der Waals surface area contributed by atoms with Gasteiger partial charge in [0.1, 0.15) is 22.9 Å². The van der Waals surface area contributed by atoms with Gasteiger partial charge >= 0.3 is 5.51 Å². The zero-order valence-corrected chi connectivity index (χ0v) is 41.0. The van der Waals surface area contributed by atoms with Gasteiger partial charge in [-0.2, -0.15) is 13.2 Å². The number of nitrogens with one attached hydrogen (secondary N) is 2. The van der Waals surface area contributed by atoms with E-state index in [0.717, 1.165) is 85.8 Å². The Morgan fingerprint density at radius 1 is 0.868 bits per heavy atom. The number of nitrogens with zero attached hydrogens (tertiary/aromatic N) is 6. The Hall–Kier alpha value is -4.34. The Morgan fingerprint density at radius 2 is 1.59 bits per heavy atom. The summed E-state index contributed by atoms with van der Waals surface area (Å²) in [5, 5.41) is 3.70. The molecular weight excluding hydrogens is 960 g/mol. The van der Waals surface area contributed by atoms with Gasteiger partial charge in [0, 0.05) is 98.3 Å². The molecule has 68 heavy (non-hydrogen) atoms. The van der Waals surface area contributed by atoms with E-state index in [1.54, 1.807) is 6.07 Å². The van der Waals surface area contributed by atoms with Crippen LogP contribution >= 0.6 is 23.4 Å². The Morgan fingerprint density at radius 3 is 2.29 bits per heavy atom. The Kier molecular flexibility index (Phi) is 15.7. The summed E-state index contributed by atoms with van der Waals surface area (Å²) in [6, 6.07) is 24.3. The number of likely N-dealkylation sites (N-methyl/N-ethyl adjacent to an activating group) is 1. The van der Waals surface area contributed by atoms with Gasteiger partial charge in [-0.05, 0) is 111 Å². The zero-order valence-electron chi connectivity index (χ0n) is 37.8. The predicted octanol–water partition coefficient (Wildman–Crippen LogP) is 8.82. The lowest BCUT2D eigenvalue weighted by atomic mass is 9.92. The van der Waals surface area contributed by atoms with Crippen molar-refractivity contribution in [1.82, 2.24) is 29.6 Å². The molecule has 0 radical (unpaired) electrons. The molecule has 0 saturated carbocycles. The summed E-state index contributed by atoms with van der Waals surface area (Å²) in [5.74, 6) is 0.0854. The molecule has 2 saturated heterocycles. The number of thioether (sulfide) groups is 1. The molecule has 12 nitrogen and oxygen atoms in total. The molecule has 1 aromatic heterocycles. The topological polar surface area (TPSA) is 131 Å². The third kappa shape index (κ3) is 11.8. The summed E-state index contributed by atoms with van der Waals surface area (Å²) in [6.45, 7) is 8.65. The highest BCUT2D eigenvalue weighted by Crippen LogP contribution is 2.39. The third-order valence-corrected chi connectivity index (χ3v) is 17.5. The molecule has 20 heteroatoms. The first-order chi connectivity index (χ1) is 32.4. The van der Waals surface area contributed by atoms with Crippen molar-refractivity contribution in [1.29, 1.82) is 0 Å². The summed E-state index contributed by atoms with van der Waals surface area (Å²) in [7, 11) is -8.63. The van der Waals surface area contributed by atoms with E-state index >= 15 is 0 Å². The van der Waals surface area contributed by atoms with Gasteiger partial charge in [0.2, 0.25) is 0 Å². The van der Waals surface area contributed by atoms with E-state index in [4.69, 9.17) is 11.6 Å². The number of piperazine rings is 1. The monoisotopic (exact) mass is 1010 g/mol. The Balaban J connectivity index is 0.960. The highest BCUT2D eigenvalue weighted by atomic mass is 35.5. The van der Waals surface area contributed by atoms with Crippen molar-refractivity contribution in [3.05, 3.63) is 125 Å². The molecule has 2 fully saturated rings. The number of halogens is 5. The highest BCUT2D eigenvalue weighted by Gasteiger charge is 2.48. The molecule has 2 unspecified atom stereocenters. The van der Waals surface area contributed by atoms with Crippen LogP contribution in [0.15, 0.2) is 112 Å². The van der Waals surface area contributed by atoms with Gasteiger partial charge in [0.25, 0.3) is 19.9 Å².